The van der Waals surface area contributed by atoms with Crippen molar-refractivity contribution in [2.45, 2.75) is 63.6 Å². The number of aliphatic carboxylic acids is 1. The van der Waals surface area contributed by atoms with Crippen LogP contribution in [0.2, 0.25) is 5.02 Å². The van der Waals surface area contributed by atoms with E-state index in [1.807, 2.05) is 29.2 Å². The van der Waals surface area contributed by atoms with Crippen LogP contribution in [-0.2, 0) is 17.9 Å². The summed E-state index contributed by atoms with van der Waals surface area (Å²) in [5, 5.41) is 14.2. The second-order valence-electron chi connectivity index (χ2n) is 11.2. The fraction of sp³-hybridized carbons (Fsp3) is 0.500. The van der Waals surface area contributed by atoms with Crippen LogP contribution in [0.1, 0.15) is 61.5 Å². The number of carbonyl (C=O) groups is 1. The highest BCUT2D eigenvalue weighted by Crippen LogP contribution is 2.45. The van der Waals surface area contributed by atoms with Gasteiger partial charge in [-0.2, -0.15) is 4.98 Å². The minimum atomic E-state index is -0.828. The van der Waals surface area contributed by atoms with Crippen LogP contribution in [0.5, 0.6) is 5.75 Å². The number of carboxylic acids is 1. The SMILES string of the molecule is O=C(O)[C@@H]1CCCN1Cc1cc(C2CC2)c(OCC2CCN(Cc3nc(-c4ccccc4Cl)no3)CC2)cc1F. The second kappa shape index (κ2) is 11.8. The molecule has 10 heteroatoms. The lowest BCUT2D eigenvalue weighted by molar-refractivity contribution is -0.142. The third-order valence-corrected chi connectivity index (χ3v) is 8.67. The number of carboxylic acid groups (broad SMARTS) is 1. The number of aromatic nitrogens is 2. The lowest BCUT2D eigenvalue weighted by atomic mass is 9.97. The standard InChI is InChI=1S/C30H34ClFN4O4/c31-24-5-2-1-4-22(24)29-33-28(40-34-29)17-35-12-9-19(10-13-35)18-39-27-15-25(32)21(14-23(27)20-7-8-20)16-36-11-3-6-26(36)30(37)38/h1-2,4-5,14-15,19-20,26H,3,6-13,16-18H2,(H,37,38)/t26-/m0/s1. The molecule has 6 rings (SSSR count). The first kappa shape index (κ1) is 27.2. The summed E-state index contributed by atoms with van der Waals surface area (Å²) in [5.74, 6) is 1.34. The van der Waals surface area contributed by atoms with Gasteiger partial charge in [0.05, 0.1) is 18.2 Å². The molecular weight excluding hydrogens is 535 g/mol. The monoisotopic (exact) mass is 568 g/mol. The number of nitrogens with zero attached hydrogens (tertiary/aromatic N) is 4. The van der Waals surface area contributed by atoms with E-state index in [2.05, 4.69) is 15.0 Å². The summed E-state index contributed by atoms with van der Waals surface area (Å²) >= 11 is 6.26. The van der Waals surface area contributed by atoms with Crippen LogP contribution in [0.25, 0.3) is 11.4 Å². The third-order valence-electron chi connectivity index (χ3n) is 8.34. The molecule has 1 saturated carbocycles. The molecule has 1 aromatic heterocycles. The van der Waals surface area contributed by atoms with Gasteiger partial charge < -0.3 is 14.4 Å². The van der Waals surface area contributed by atoms with Crippen LogP contribution in [0.4, 0.5) is 4.39 Å². The van der Waals surface area contributed by atoms with Crippen LogP contribution in [0, 0.1) is 11.7 Å². The first-order valence-electron chi connectivity index (χ1n) is 14.2. The molecule has 2 aliphatic heterocycles. The Morgan fingerprint density at radius 1 is 1.10 bits per heavy atom. The van der Waals surface area contributed by atoms with Gasteiger partial charge in [0.2, 0.25) is 11.7 Å². The van der Waals surface area contributed by atoms with Gasteiger partial charge in [-0.25, -0.2) is 4.39 Å². The van der Waals surface area contributed by atoms with Gasteiger partial charge in [0.25, 0.3) is 0 Å². The summed E-state index contributed by atoms with van der Waals surface area (Å²) in [6.45, 7) is 3.92. The molecule has 8 nitrogen and oxygen atoms in total. The molecule has 3 aromatic rings. The maximum atomic E-state index is 15.2. The Morgan fingerprint density at radius 2 is 1.90 bits per heavy atom. The molecule has 0 amide bonds. The number of halogens is 2. The number of benzene rings is 2. The van der Waals surface area contributed by atoms with E-state index in [4.69, 9.17) is 20.9 Å². The van der Waals surface area contributed by atoms with Gasteiger partial charge in [-0.15, -0.1) is 0 Å². The Bertz CT molecular complexity index is 1360. The molecule has 3 aliphatic rings. The average Bonchev–Trinajstić information content (AvgIpc) is 3.50. The first-order valence-corrected chi connectivity index (χ1v) is 14.5. The fourth-order valence-electron chi connectivity index (χ4n) is 5.87. The van der Waals surface area contributed by atoms with Crippen molar-refractivity contribution in [2.75, 3.05) is 26.2 Å². The van der Waals surface area contributed by atoms with Gasteiger partial charge in [0.1, 0.15) is 17.6 Å². The van der Waals surface area contributed by atoms with E-state index < -0.39 is 12.0 Å². The van der Waals surface area contributed by atoms with Crippen LogP contribution in [0.3, 0.4) is 0 Å². The molecule has 2 saturated heterocycles. The Hall–Kier alpha value is -3.01. The van der Waals surface area contributed by atoms with Crippen molar-refractivity contribution in [3.05, 3.63) is 64.3 Å². The van der Waals surface area contributed by atoms with E-state index >= 15 is 4.39 Å². The van der Waals surface area contributed by atoms with Crippen molar-refractivity contribution in [3.63, 3.8) is 0 Å². The Balaban J connectivity index is 1.03. The van der Waals surface area contributed by atoms with Crippen molar-refractivity contribution >= 4 is 17.6 Å². The number of hydrogen-bond acceptors (Lipinski definition) is 7. The molecule has 2 aromatic carbocycles. The second-order valence-corrected chi connectivity index (χ2v) is 11.7. The highest BCUT2D eigenvalue weighted by Gasteiger charge is 2.33. The van der Waals surface area contributed by atoms with Gasteiger partial charge in [0.15, 0.2) is 0 Å². The zero-order valence-electron chi connectivity index (χ0n) is 22.4. The molecule has 0 unspecified atom stereocenters. The Labute approximate surface area is 238 Å². The van der Waals surface area contributed by atoms with Crippen LogP contribution >= 0.6 is 11.6 Å². The largest absolute Gasteiger partial charge is 0.493 e. The summed E-state index contributed by atoms with van der Waals surface area (Å²) in [4.78, 5) is 20.3. The topological polar surface area (TPSA) is 91.9 Å². The van der Waals surface area contributed by atoms with E-state index in [1.54, 1.807) is 6.07 Å². The molecule has 3 heterocycles. The van der Waals surface area contributed by atoms with Gasteiger partial charge in [-0.3, -0.25) is 14.6 Å². The van der Waals surface area contributed by atoms with E-state index in [0.29, 0.717) is 72.5 Å². The normalized spacial score (nSPS) is 20.7. The zero-order chi connectivity index (χ0) is 27.6. The molecule has 3 fully saturated rings. The predicted octanol–water partition coefficient (Wildman–Crippen LogP) is 5.75. The lowest BCUT2D eigenvalue weighted by Gasteiger charge is -2.31. The molecule has 1 aliphatic carbocycles. The maximum absolute atomic E-state index is 15.2. The maximum Gasteiger partial charge on any atom is 0.320 e. The highest BCUT2D eigenvalue weighted by molar-refractivity contribution is 6.33. The van der Waals surface area contributed by atoms with Crippen molar-refractivity contribution < 1.29 is 23.6 Å². The van der Waals surface area contributed by atoms with Gasteiger partial charge in [0, 0.05) is 23.7 Å². The number of ether oxygens (including phenoxy) is 1. The molecular formula is C30H34ClFN4O4. The van der Waals surface area contributed by atoms with Crippen LogP contribution in [-0.4, -0.2) is 63.3 Å². The van der Waals surface area contributed by atoms with E-state index in [-0.39, 0.29) is 5.82 Å². The summed E-state index contributed by atoms with van der Waals surface area (Å²) in [7, 11) is 0. The first-order chi connectivity index (χ1) is 19.4. The van der Waals surface area contributed by atoms with Gasteiger partial charge in [-0.05, 0) is 93.8 Å². The lowest BCUT2D eigenvalue weighted by Crippen LogP contribution is -2.35. The summed E-state index contributed by atoms with van der Waals surface area (Å²) in [5.41, 5.74) is 2.38. The molecule has 1 atom stereocenters. The van der Waals surface area contributed by atoms with Crippen molar-refractivity contribution in [2.24, 2.45) is 5.92 Å². The number of likely N-dealkylation sites (tertiary alicyclic amines) is 2. The van der Waals surface area contributed by atoms with Gasteiger partial charge in [-0.1, -0.05) is 28.9 Å². The van der Waals surface area contributed by atoms with E-state index in [1.165, 1.54) is 6.07 Å². The Morgan fingerprint density at radius 3 is 2.65 bits per heavy atom. The quantitative estimate of drug-likeness (QED) is 0.331. The third kappa shape index (κ3) is 6.16. The molecule has 0 radical (unpaired) electrons. The molecule has 212 valence electrons. The van der Waals surface area contributed by atoms with Crippen LogP contribution < -0.4 is 4.74 Å². The van der Waals surface area contributed by atoms with E-state index in [9.17, 15) is 9.90 Å². The van der Waals surface area contributed by atoms with E-state index in [0.717, 1.165) is 56.3 Å². The van der Waals surface area contributed by atoms with Crippen molar-refractivity contribution in [1.82, 2.24) is 19.9 Å². The summed E-state index contributed by atoms with van der Waals surface area (Å²) in [6, 6.07) is 10.4. The van der Waals surface area contributed by atoms with Crippen LogP contribution in [0.15, 0.2) is 40.9 Å². The summed E-state index contributed by atoms with van der Waals surface area (Å²) in [6.07, 6.45) is 5.54. The number of rotatable bonds is 10. The van der Waals surface area contributed by atoms with Crippen molar-refractivity contribution in [1.29, 1.82) is 0 Å². The summed E-state index contributed by atoms with van der Waals surface area (Å²) < 4.78 is 26.9. The Kier molecular flexibility index (Phi) is 8.05. The predicted molar refractivity (Wildman–Crippen MR) is 148 cm³/mol. The van der Waals surface area contributed by atoms with Crippen molar-refractivity contribution in [3.8, 4) is 17.1 Å². The molecule has 0 spiro atoms. The highest BCUT2D eigenvalue weighted by atomic mass is 35.5. The smallest absolute Gasteiger partial charge is 0.320 e. The number of hydrogen-bond donors (Lipinski definition) is 1. The zero-order valence-corrected chi connectivity index (χ0v) is 23.2. The molecule has 40 heavy (non-hydrogen) atoms. The number of piperidine rings is 1. The van der Waals surface area contributed by atoms with Gasteiger partial charge >= 0.3 is 5.97 Å². The fourth-order valence-corrected chi connectivity index (χ4v) is 6.09. The minimum absolute atomic E-state index is 0.319. The molecule has 0 bridgehead atoms. The minimum Gasteiger partial charge on any atom is -0.493 e. The average molecular weight is 569 g/mol. The molecule has 1 N–H and O–H groups in total.